The van der Waals surface area contributed by atoms with E-state index in [0.717, 1.165) is 5.69 Å². The topological polar surface area (TPSA) is 12.4 Å². The Morgan fingerprint density at radius 1 is 0.900 bits per heavy atom. The molecule has 106 valence electrons. The number of aliphatic imine (C=N–C) groups is 1. The molecule has 0 N–H and O–H groups in total. The van der Waals surface area contributed by atoms with Crippen molar-refractivity contribution in [3.63, 3.8) is 0 Å². The van der Waals surface area contributed by atoms with Crippen LogP contribution in [0.3, 0.4) is 0 Å². The van der Waals surface area contributed by atoms with Crippen LogP contribution in [0.25, 0.3) is 21.5 Å². The van der Waals surface area contributed by atoms with Crippen LogP contribution in [0.15, 0.2) is 47.5 Å². The molecular formula is C18H14LrN. The minimum atomic E-state index is -0.000871. The van der Waals surface area contributed by atoms with Crippen LogP contribution in [0.2, 0.25) is 0 Å². The van der Waals surface area contributed by atoms with Gasteiger partial charge in [-0.1, -0.05) is 0 Å². The molecule has 1 nitrogen and oxygen atoms in total. The zero-order valence-electron chi connectivity index (χ0n) is 11.3. The summed E-state index contributed by atoms with van der Waals surface area (Å²) in [7, 11) is 0. The monoisotopic (exact) mass is 506 g/mol. The van der Waals surface area contributed by atoms with E-state index in [2.05, 4.69) is 62.5 Å². The van der Waals surface area contributed by atoms with Crippen LogP contribution in [0.1, 0.15) is 19.4 Å². The van der Waals surface area contributed by atoms with E-state index in [9.17, 15) is 0 Å². The second kappa shape index (κ2) is 3.24. The Morgan fingerprint density at radius 3 is 2.40 bits per heavy atom. The zero-order valence-corrected chi connectivity index (χ0v) is 13.5. The Morgan fingerprint density at radius 2 is 1.60 bits per heavy atom. The van der Waals surface area contributed by atoms with Crippen molar-refractivity contribution in [2.24, 2.45) is 4.99 Å². The van der Waals surface area contributed by atoms with Crippen LogP contribution in [0.4, 0.5) is 5.69 Å². The standard InChI is InChI=1S/C18H14N.Lr/c1-18(2)11-19-17-15-10-6-4-8-13(15)12-7-3-5-9-14(12)16(17)18;/h3-9,11H,1-2H3;. The maximum atomic E-state index is 4.76. The molecule has 0 aliphatic carbocycles. The van der Waals surface area contributed by atoms with E-state index >= 15 is 0 Å². The molecule has 4 rings (SSSR count). The predicted molar refractivity (Wildman–Crippen MR) is 82.3 cm³/mol. The quantitative estimate of drug-likeness (QED) is 0.407. The predicted octanol–water partition coefficient (Wildman–Crippen LogP) is 4.16. The van der Waals surface area contributed by atoms with Gasteiger partial charge in [0.2, 0.25) is 0 Å². The summed E-state index contributed by atoms with van der Waals surface area (Å²) < 4.78 is 2.63. The molecular weight excluding hydrogens is 492 g/mol. The summed E-state index contributed by atoms with van der Waals surface area (Å²) in [6, 6.07) is 16.4. The molecule has 0 amide bonds. The molecule has 0 aromatic heterocycles. The molecule has 20 heavy (non-hydrogen) atoms. The third-order valence-corrected chi connectivity index (χ3v) is 4.98. The molecule has 3 aromatic rings. The van der Waals surface area contributed by atoms with Gasteiger partial charge >= 0.3 is 112 Å². The summed E-state index contributed by atoms with van der Waals surface area (Å²) >= 11 is 0. The summed E-state index contributed by atoms with van der Waals surface area (Å²) in [5.74, 6) is 0. The van der Waals surface area contributed by atoms with E-state index in [4.69, 9.17) is 4.99 Å². The van der Waals surface area contributed by atoms with Crippen molar-refractivity contribution in [1.82, 2.24) is 0 Å². The summed E-state index contributed by atoms with van der Waals surface area (Å²) in [4.78, 5) is 4.76. The van der Waals surface area contributed by atoms with Crippen molar-refractivity contribution in [2.75, 3.05) is 0 Å². The molecule has 0 fully saturated rings. The van der Waals surface area contributed by atoms with Crippen LogP contribution in [-0.4, -0.2) is 6.21 Å². The van der Waals surface area contributed by atoms with E-state index in [1.807, 2.05) is 0 Å². The third-order valence-electron chi connectivity index (χ3n) is 4.08. The number of benzene rings is 3. The van der Waals surface area contributed by atoms with Crippen LogP contribution in [0, 0.1) is 0 Å². The number of nitrogens with zero attached hydrogens (tertiary/aromatic N) is 1. The van der Waals surface area contributed by atoms with Crippen molar-refractivity contribution in [3.05, 3.63) is 48.0 Å². The van der Waals surface area contributed by atoms with Gasteiger partial charge in [-0.3, -0.25) is 0 Å². The summed E-state index contributed by atoms with van der Waals surface area (Å²) in [6.07, 6.45) is 2.09. The average Bonchev–Trinajstić information content (AvgIpc) is 2.75. The van der Waals surface area contributed by atoms with Crippen molar-refractivity contribution >= 4 is 39.5 Å². The van der Waals surface area contributed by atoms with Crippen LogP contribution in [0.5, 0.6) is 0 Å². The van der Waals surface area contributed by atoms with E-state index in [0.29, 0.717) is 0 Å². The van der Waals surface area contributed by atoms with Gasteiger partial charge < -0.3 is 0 Å². The molecule has 2 heteroatoms. The Labute approximate surface area is 112 Å². The number of hydrogen-bond donors (Lipinski definition) is 0. The normalized spacial score (nSPS) is 16.0. The van der Waals surface area contributed by atoms with Gasteiger partial charge in [-0.15, -0.1) is 0 Å². The van der Waals surface area contributed by atoms with Gasteiger partial charge in [0.25, 0.3) is 0 Å². The van der Waals surface area contributed by atoms with Gasteiger partial charge in [0.1, 0.15) is 0 Å². The maximum absolute atomic E-state index is 4.76. The SMILES string of the molecule is CC1(C)C=Nc2c1c1ccccc1c1ccc[c]([Lr])c21. The summed E-state index contributed by atoms with van der Waals surface area (Å²) in [5, 5.41) is 5.24. The van der Waals surface area contributed by atoms with Crippen molar-refractivity contribution in [2.45, 2.75) is 19.3 Å². The summed E-state index contributed by atoms with van der Waals surface area (Å²) in [6.45, 7) is 4.49. The molecule has 0 radical (unpaired) electrons. The zero-order chi connectivity index (χ0) is 13.9. The number of fused-ring (bicyclic) bond motifs is 6. The van der Waals surface area contributed by atoms with Gasteiger partial charge in [0.05, 0.1) is 0 Å². The fraction of sp³-hybridized carbons (Fsp3) is 0.167. The third kappa shape index (κ3) is 1.15. The van der Waals surface area contributed by atoms with E-state index in [-0.39, 0.29) is 5.41 Å². The fourth-order valence-electron chi connectivity index (χ4n) is 3.21. The Balaban J connectivity index is 2.37. The molecule has 0 atom stereocenters. The van der Waals surface area contributed by atoms with Crippen LogP contribution >= 0.6 is 0 Å². The van der Waals surface area contributed by atoms with Crippen LogP contribution < -0.4 is 6.07 Å². The molecule has 3 aromatic carbocycles. The molecule has 0 saturated carbocycles. The second-order valence-corrected chi connectivity index (χ2v) is 7.01. The van der Waals surface area contributed by atoms with Gasteiger partial charge in [-0.2, -0.15) is 0 Å². The van der Waals surface area contributed by atoms with Crippen LogP contribution in [-0.2, 0) is 5.41 Å². The molecule has 0 saturated heterocycles. The van der Waals surface area contributed by atoms with Crippen molar-refractivity contribution in [1.29, 1.82) is 0 Å². The minimum absolute atomic E-state index is 0.000871. The molecule has 0 unspecified atom stereocenters. The summed E-state index contributed by atoms with van der Waals surface area (Å²) in [5.41, 5.74) is 2.51. The van der Waals surface area contributed by atoms with Gasteiger partial charge in [0.15, 0.2) is 0 Å². The number of rotatable bonds is 0. The fourth-order valence-corrected chi connectivity index (χ4v) is 3.96. The Bertz CT molecular complexity index is 891. The van der Waals surface area contributed by atoms with Gasteiger partial charge in [-0.05, 0) is 0 Å². The molecule has 1 heterocycles. The van der Waals surface area contributed by atoms with Crippen molar-refractivity contribution < 1.29 is 0 Å². The number of hydrogen-bond acceptors (Lipinski definition) is 1. The second-order valence-electron chi connectivity index (χ2n) is 5.85. The molecule has 1 aliphatic rings. The molecule has 0 spiro atoms. The first-order valence-electron chi connectivity index (χ1n) is 6.72. The average molecular weight is 506 g/mol. The first kappa shape index (κ1) is 10.7. The van der Waals surface area contributed by atoms with E-state index < -0.39 is 0 Å². The van der Waals surface area contributed by atoms with Gasteiger partial charge in [-0.25, -0.2) is 0 Å². The Hall–Kier alpha value is -3.15. The first-order valence-corrected chi connectivity index (χ1v) is 7.80. The molecule has 1 aliphatic heterocycles. The van der Waals surface area contributed by atoms with E-state index in [1.54, 1.807) is 0 Å². The Kier molecular flexibility index (Phi) is 1.74. The van der Waals surface area contributed by atoms with Gasteiger partial charge in [0, 0.05) is 0 Å². The van der Waals surface area contributed by atoms with E-state index in [1.165, 1.54) is 33.2 Å². The molecule has 0 bridgehead atoms. The van der Waals surface area contributed by atoms with Crippen molar-refractivity contribution in [3.8, 4) is 0 Å². The first-order chi connectivity index (χ1) is 9.59.